The molecule has 9 heteroatoms. The second kappa shape index (κ2) is 10.2. The summed E-state index contributed by atoms with van der Waals surface area (Å²) in [6.45, 7) is 0.428. The minimum absolute atomic E-state index is 0.0540. The molecule has 0 aliphatic rings. The number of hydrogen-bond acceptors (Lipinski definition) is 6. The van der Waals surface area contributed by atoms with Gasteiger partial charge in [0, 0.05) is 37.1 Å². The SMILES string of the molecule is O=[N+]([O-])c1cccc(Nc2ccc(S(=O)(=O)N(Cc3ccccc3)Cc3ccccc3)cn2)c1. The van der Waals surface area contributed by atoms with Gasteiger partial charge in [0.05, 0.1) is 4.92 Å². The number of pyridine rings is 1. The highest BCUT2D eigenvalue weighted by molar-refractivity contribution is 7.89. The summed E-state index contributed by atoms with van der Waals surface area (Å²) in [5, 5.41) is 13.9. The molecule has 34 heavy (non-hydrogen) atoms. The molecule has 1 aromatic heterocycles. The molecule has 8 nitrogen and oxygen atoms in total. The molecule has 0 atom stereocenters. The van der Waals surface area contributed by atoms with E-state index in [0.717, 1.165) is 11.1 Å². The first kappa shape index (κ1) is 23.1. The largest absolute Gasteiger partial charge is 0.340 e. The molecule has 0 saturated carbocycles. The summed E-state index contributed by atoms with van der Waals surface area (Å²) >= 11 is 0. The van der Waals surface area contributed by atoms with Crippen molar-refractivity contribution < 1.29 is 13.3 Å². The molecule has 0 spiro atoms. The van der Waals surface area contributed by atoms with Crippen molar-refractivity contribution in [2.24, 2.45) is 0 Å². The number of rotatable bonds is 9. The highest BCUT2D eigenvalue weighted by atomic mass is 32.2. The molecule has 172 valence electrons. The van der Waals surface area contributed by atoms with Crippen LogP contribution in [0, 0.1) is 10.1 Å². The van der Waals surface area contributed by atoms with E-state index in [2.05, 4.69) is 10.3 Å². The smallest absolute Gasteiger partial charge is 0.271 e. The average Bonchev–Trinajstić information content (AvgIpc) is 2.85. The second-order valence-electron chi connectivity index (χ2n) is 7.56. The topological polar surface area (TPSA) is 105 Å². The van der Waals surface area contributed by atoms with Crippen LogP contribution < -0.4 is 5.32 Å². The number of nitro benzene ring substituents is 1. The zero-order valence-electron chi connectivity index (χ0n) is 18.1. The molecule has 4 rings (SSSR count). The van der Waals surface area contributed by atoms with Gasteiger partial charge in [0.15, 0.2) is 0 Å². The van der Waals surface area contributed by atoms with Gasteiger partial charge in [-0.1, -0.05) is 66.7 Å². The Bertz CT molecular complexity index is 1320. The predicted molar refractivity (Wildman–Crippen MR) is 130 cm³/mol. The van der Waals surface area contributed by atoms with E-state index in [-0.39, 0.29) is 23.7 Å². The Morgan fingerprint density at radius 2 is 1.44 bits per heavy atom. The summed E-state index contributed by atoms with van der Waals surface area (Å²) in [6.07, 6.45) is 1.29. The molecule has 0 aliphatic carbocycles. The summed E-state index contributed by atoms with van der Waals surface area (Å²) < 4.78 is 28.5. The predicted octanol–water partition coefficient (Wildman–Crippen LogP) is 5.12. The van der Waals surface area contributed by atoms with Crippen LogP contribution in [0.3, 0.4) is 0 Å². The Balaban J connectivity index is 1.58. The van der Waals surface area contributed by atoms with Gasteiger partial charge in [-0.3, -0.25) is 10.1 Å². The lowest BCUT2D eigenvalue weighted by Crippen LogP contribution is -2.30. The van der Waals surface area contributed by atoms with Crippen molar-refractivity contribution in [1.82, 2.24) is 9.29 Å². The van der Waals surface area contributed by atoms with E-state index >= 15 is 0 Å². The van der Waals surface area contributed by atoms with E-state index in [4.69, 9.17) is 0 Å². The molecular formula is C25H22N4O4S. The van der Waals surface area contributed by atoms with Crippen LogP contribution in [0.1, 0.15) is 11.1 Å². The van der Waals surface area contributed by atoms with Crippen molar-refractivity contribution in [3.8, 4) is 0 Å². The first-order chi connectivity index (χ1) is 16.4. The fourth-order valence-electron chi connectivity index (χ4n) is 3.40. The lowest BCUT2D eigenvalue weighted by molar-refractivity contribution is -0.384. The Morgan fingerprint density at radius 3 is 1.97 bits per heavy atom. The van der Waals surface area contributed by atoms with Crippen molar-refractivity contribution in [2.75, 3.05) is 5.32 Å². The lowest BCUT2D eigenvalue weighted by Gasteiger charge is -2.22. The van der Waals surface area contributed by atoms with Crippen LogP contribution in [0.25, 0.3) is 0 Å². The summed E-state index contributed by atoms with van der Waals surface area (Å²) in [5.74, 6) is 0.372. The molecule has 0 saturated heterocycles. The van der Waals surface area contributed by atoms with Gasteiger partial charge in [-0.15, -0.1) is 0 Å². The van der Waals surface area contributed by atoms with Crippen LogP contribution in [0.2, 0.25) is 0 Å². The Kier molecular flexibility index (Phi) is 6.95. The number of nitro groups is 1. The Hall–Kier alpha value is -4.08. The van der Waals surface area contributed by atoms with E-state index in [1.165, 1.54) is 34.8 Å². The number of benzene rings is 3. The maximum atomic E-state index is 13.5. The zero-order valence-corrected chi connectivity index (χ0v) is 18.9. The monoisotopic (exact) mass is 474 g/mol. The molecule has 3 aromatic carbocycles. The van der Waals surface area contributed by atoms with Crippen LogP contribution >= 0.6 is 0 Å². The van der Waals surface area contributed by atoms with Crippen molar-refractivity contribution in [3.05, 3.63) is 124 Å². The summed E-state index contributed by atoms with van der Waals surface area (Å²) in [6, 6.07) is 27.8. The molecule has 0 amide bonds. The van der Waals surface area contributed by atoms with Gasteiger partial charge in [-0.2, -0.15) is 4.31 Å². The fourth-order valence-corrected chi connectivity index (χ4v) is 4.76. The van der Waals surface area contributed by atoms with Crippen molar-refractivity contribution in [3.63, 3.8) is 0 Å². The van der Waals surface area contributed by atoms with E-state index in [0.29, 0.717) is 11.5 Å². The van der Waals surface area contributed by atoms with Gasteiger partial charge in [0.1, 0.15) is 10.7 Å². The number of anilines is 2. The van der Waals surface area contributed by atoms with Crippen LogP contribution in [0.5, 0.6) is 0 Å². The third-order valence-electron chi connectivity index (χ3n) is 5.11. The normalized spacial score (nSPS) is 11.3. The fraction of sp³-hybridized carbons (Fsp3) is 0.0800. The Labute approximate surface area is 197 Å². The molecule has 0 bridgehead atoms. The van der Waals surface area contributed by atoms with Crippen LogP contribution in [0.15, 0.2) is 108 Å². The van der Waals surface area contributed by atoms with Gasteiger partial charge >= 0.3 is 0 Å². The van der Waals surface area contributed by atoms with Crippen molar-refractivity contribution >= 4 is 27.2 Å². The van der Waals surface area contributed by atoms with Gasteiger partial charge in [0.25, 0.3) is 5.69 Å². The summed E-state index contributed by atoms with van der Waals surface area (Å²) in [7, 11) is -3.85. The third-order valence-corrected chi connectivity index (χ3v) is 6.88. The van der Waals surface area contributed by atoms with E-state index in [9.17, 15) is 18.5 Å². The first-order valence-corrected chi connectivity index (χ1v) is 11.9. The van der Waals surface area contributed by atoms with Gasteiger partial charge < -0.3 is 5.32 Å². The molecular weight excluding hydrogens is 452 g/mol. The molecule has 0 aliphatic heterocycles. The second-order valence-corrected chi connectivity index (χ2v) is 9.49. The highest BCUT2D eigenvalue weighted by Gasteiger charge is 2.25. The molecule has 0 radical (unpaired) electrons. The average molecular weight is 475 g/mol. The minimum atomic E-state index is -3.85. The lowest BCUT2D eigenvalue weighted by atomic mass is 10.2. The third kappa shape index (κ3) is 5.64. The van der Waals surface area contributed by atoms with Crippen LogP contribution in [0.4, 0.5) is 17.2 Å². The minimum Gasteiger partial charge on any atom is -0.340 e. The number of non-ortho nitro benzene ring substituents is 1. The molecule has 0 unspecified atom stereocenters. The molecule has 0 fully saturated rings. The Morgan fingerprint density at radius 1 is 0.824 bits per heavy atom. The molecule has 1 heterocycles. The van der Waals surface area contributed by atoms with Crippen LogP contribution in [-0.2, 0) is 23.1 Å². The number of nitrogens with zero attached hydrogens (tertiary/aromatic N) is 3. The maximum absolute atomic E-state index is 13.5. The van der Waals surface area contributed by atoms with Gasteiger partial charge in [0.2, 0.25) is 10.0 Å². The zero-order chi connectivity index (χ0) is 24.0. The highest BCUT2D eigenvalue weighted by Crippen LogP contribution is 2.24. The maximum Gasteiger partial charge on any atom is 0.271 e. The summed E-state index contributed by atoms with van der Waals surface area (Å²) in [4.78, 5) is 14.8. The number of sulfonamides is 1. The van der Waals surface area contributed by atoms with Crippen molar-refractivity contribution in [1.29, 1.82) is 0 Å². The number of hydrogen-bond donors (Lipinski definition) is 1. The molecule has 1 N–H and O–H groups in total. The summed E-state index contributed by atoms with van der Waals surface area (Å²) in [5.41, 5.74) is 2.17. The first-order valence-electron chi connectivity index (χ1n) is 10.5. The van der Waals surface area contributed by atoms with E-state index < -0.39 is 14.9 Å². The number of nitrogens with one attached hydrogen (secondary N) is 1. The quantitative estimate of drug-likeness (QED) is 0.266. The van der Waals surface area contributed by atoms with Gasteiger partial charge in [-0.05, 0) is 29.3 Å². The van der Waals surface area contributed by atoms with E-state index in [1.54, 1.807) is 12.1 Å². The standard InChI is InChI=1S/C25H22N4O4S/c30-29(31)23-13-7-12-22(16-23)27-25-15-14-24(17-26-25)34(32,33)28(18-20-8-3-1-4-9-20)19-21-10-5-2-6-11-21/h1-17H,18-19H2,(H,26,27). The number of aromatic nitrogens is 1. The van der Waals surface area contributed by atoms with Crippen molar-refractivity contribution in [2.45, 2.75) is 18.0 Å². The van der Waals surface area contributed by atoms with E-state index in [1.807, 2.05) is 60.7 Å². The van der Waals surface area contributed by atoms with Crippen LogP contribution in [-0.4, -0.2) is 22.6 Å². The van der Waals surface area contributed by atoms with Gasteiger partial charge in [-0.25, -0.2) is 13.4 Å². The molecule has 4 aromatic rings.